The largest absolute Gasteiger partial charge is 0.294 e. The highest BCUT2D eigenvalue weighted by atomic mass is 79.9. The van der Waals surface area contributed by atoms with Gasteiger partial charge in [-0.1, -0.05) is 64.5 Å². The Morgan fingerprint density at radius 1 is 1.04 bits per heavy atom. The number of benzene rings is 2. The summed E-state index contributed by atoms with van der Waals surface area (Å²) in [5, 5.41) is 0. The Kier molecular flexibility index (Phi) is 5.13. The monoisotopic (exact) mass is 429 g/mol. The fourth-order valence-electron chi connectivity index (χ4n) is 3.36. The minimum absolute atomic E-state index is 0.170. The van der Waals surface area contributed by atoms with Gasteiger partial charge in [0.2, 0.25) is 0 Å². The lowest BCUT2D eigenvalue weighted by molar-refractivity contribution is -0.119. The molecule has 0 bridgehead atoms. The minimum atomic E-state index is -0.293. The highest BCUT2D eigenvalue weighted by molar-refractivity contribution is 9.10. The molecule has 4 heteroatoms. The number of rotatable bonds is 4. The molecule has 1 heterocycles. The molecule has 28 heavy (non-hydrogen) atoms. The molecule has 1 aromatic heterocycles. The van der Waals surface area contributed by atoms with E-state index in [1.54, 1.807) is 24.5 Å². The third kappa shape index (κ3) is 3.64. The molecule has 0 saturated heterocycles. The highest BCUT2D eigenvalue weighted by Crippen LogP contribution is 2.36. The van der Waals surface area contributed by atoms with Crippen molar-refractivity contribution in [2.24, 2.45) is 0 Å². The van der Waals surface area contributed by atoms with Crippen molar-refractivity contribution in [2.75, 3.05) is 0 Å². The molecular weight excluding hydrogens is 414 g/mol. The number of pyridine rings is 1. The van der Waals surface area contributed by atoms with Crippen molar-refractivity contribution in [3.63, 3.8) is 0 Å². The van der Waals surface area contributed by atoms with E-state index in [2.05, 4.69) is 20.9 Å². The summed E-state index contributed by atoms with van der Waals surface area (Å²) in [6, 6.07) is 19.0. The Hall–Kier alpha value is -3.11. The van der Waals surface area contributed by atoms with Gasteiger partial charge >= 0.3 is 0 Å². The Labute approximate surface area is 171 Å². The van der Waals surface area contributed by atoms with Crippen molar-refractivity contribution in [2.45, 2.75) is 6.42 Å². The predicted molar refractivity (Wildman–Crippen MR) is 114 cm³/mol. The fraction of sp³-hybridized carbons (Fsp3) is 0.0417. The molecule has 0 spiro atoms. The molecule has 1 aliphatic carbocycles. The van der Waals surface area contributed by atoms with Crippen LogP contribution >= 0.6 is 15.9 Å². The third-order valence-electron chi connectivity index (χ3n) is 4.64. The molecular formula is C24H16BrNO2. The number of halogens is 1. The van der Waals surface area contributed by atoms with E-state index < -0.39 is 0 Å². The normalized spacial score (nSPS) is 13.7. The Bertz CT molecular complexity index is 1120. The molecule has 0 aliphatic heterocycles. The second-order valence-corrected chi connectivity index (χ2v) is 7.42. The fourth-order valence-corrected chi connectivity index (χ4v) is 3.72. The lowest BCUT2D eigenvalue weighted by atomic mass is 9.80. The van der Waals surface area contributed by atoms with Gasteiger partial charge in [0.15, 0.2) is 11.6 Å². The summed E-state index contributed by atoms with van der Waals surface area (Å²) in [6.07, 6.45) is 6.79. The topological polar surface area (TPSA) is 47.0 Å². The molecule has 2 aromatic carbocycles. The number of hydrogen-bond acceptors (Lipinski definition) is 3. The number of carbonyl (C=O) groups excluding carboxylic acids is 2. The van der Waals surface area contributed by atoms with Gasteiger partial charge in [0.25, 0.3) is 0 Å². The highest BCUT2D eigenvalue weighted by Gasteiger charge is 2.30. The van der Waals surface area contributed by atoms with Gasteiger partial charge in [0, 0.05) is 34.4 Å². The van der Waals surface area contributed by atoms with Gasteiger partial charge < -0.3 is 0 Å². The van der Waals surface area contributed by atoms with E-state index in [4.69, 9.17) is 0 Å². The Morgan fingerprint density at radius 2 is 1.86 bits per heavy atom. The van der Waals surface area contributed by atoms with Crippen LogP contribution in [0.2, 0.25) is 0 Å². The van der Waals surface area contributed by atoms with Crippen LogP contribution in [-0.2, 0) is 16.0 Å². The van der Waals surface area contributed by atoms with Crippen LogP contribution in [0.3, 0.4) is 0 Å². The first-order chi connectivity index (χ1) is 13.6. The minimum Gasteiger partial charge on any atom is -0.294 e. The standard InChI is InChI=1S/C24H16BrNO2/c25-19-10-9-17-13-22(28)24(21(27)11-8-16-5-2-1-3-6-16)23(20(17)14-19)18-7-4-12-26-15-18/h1-12,14-15H,13H2/b11-8+. The summed E-state index contributed by atoms with van der Waals surface area (Å²) < 4.78 is 0.897. The average Bonchev–Trinajstić information content (AvgIpc) is 2.73. The Balaban J connectivity index is 1.88. The van der Waals surface area contributed by atoms with Crippen molar-refractivity contribution >= 4 is 39.1 Å². The van der Waals surface area contributed by atoms with Crippen molar-refractivity contribution < 1.29 is 9.59 Å². The van der Waals surface area contributed by atoms with Gasteiger partial charge in [-0.15, -0.1) is 0 Å². The maximum absolute atomic E-state index is 13.1. The third-order valence-corrected chi connectivity index (χ3v) is 5.14. The molecule has 3 aromatic rings. The summed E-state index contributed by atoms with van der Waals surface area (Å²) in [4.78, 5) is 30.2. The summed E-state index contributed by atoms with van der Waals surface area (Å²) >= 11 is 3.50. The van der Waals surface area contributed by atoms with E-state index in [9.17, 15) is 9.59 Å². The number of ketones is 2. The number of allylic oxidation sites excluding steroid dienone is 2. The zero-order valence-corrected chi connectivity index (χ0v) is 16.5. The van der Waals surface area contributed by atoms with Gasteiger partial charge in [-0.25, -0.2) is 0 Å². The summed E-state index contributed by atoms with van der Waals surface area (Å²) in [6.45, 7) is 0. The summed E-state index contributed by atoms with van der Waals surface area (Å²) in [5.41, 5.74) is 4.32. The summed E-state index contributed by atoms with van der Waals surface area (Å²) in [7, 11) is 0. The molecule has 4 rings (SSSR count). The van der Waals surface area contributed by atoms with Gasteiger partial charge in [-0.2, -0.15) is 0 Å². The van der Waals surface area contributed by atoms with Gasteiger partial charge in [0.05, 0.1) is 5.57 Å². The van der Waals surface area contributed by atoms with Crippen molar-refractivity contribution in [1.29, 1.82) is 0 Å². The van der Waals surface area contributed by atoms with Gasteiger partial charge in [-0.05, 0) is 41.0 Å². The average molecular weight is 430 g/mol. The molecule has 1 aliphatic rings. The molecule has 0 N–H and O–H groups in total. The summed E-state index contributed by atoms with van der Waals surface area (Å²) in [5.74, 6) is -0.463. The second-order valence-electron chi connectivity index (χ2n) is 6.50. The van der Waals surface area contributed by atoms with E-state index in [1.807, 2.05) is 54.6 Å². The van der Waals surface area contributed by atoms with Crippen LogP contribution in [0, 0.1) is 0 Å². The van der Waals surface area contributed by atoms with Gasteiger partial charge in [-0.3, -0.25) is 14.6 Å². The lowest BCUT2D eigenvalue weighted by Crippen LogP contribution is -2.21. The van der Waals surface area contributed by atoms with E-state index in [-0.39, 0.29) is 23.6 Å². The first kappa shape index (κ1) is 18.3. The first-order valence-electron chi connectivity index (χ1n) is 8.87. The lowest BCUT2D eigenvalue weighted by Gasteiger charge is -2.22. The SMILES string of the molecule is O=C(/C=C/c1ccccc1)C1=C(c2cccnc2)c2cc(Br)ccc2CC1=O. The van der Waals surface area contributed by atoms with E-state index in [0.717, 1.165) is 26.7 Å². The molecule has 3 nitrogen and oxygen atoms in total. The molecule has 0 amide bonds. The predicted octanol–water partition coefficient (Wildman–Crippen LogP) is 5.05. The smallest absolute Gasteiger partial charge is 0.190 e. The van der Waals surface area contributed by atoms with Crippen molar-refractivity contribution in [1.82, 2.24) is 4.98 Å². The van der Waals surface area contributed by atoms with Crippen LogP contribution in [0.15, 0.2) is 89.2 Å². The quantitative estimate of drug-likeness (QED) is 0.430. The van der Waals surface area contributed by atoms with E-state index in [1.165, 1.54) is 6.08 Å². The van der Waals surface area contributed by atoms with Crippen molar-refractivity contribution in [3.8, 4) is 0 Å². The molecule has 136 valence electrons. The molecule has 0 saturated carbocycles. The molecule has 0 radical (unpaired) electrons. The number of nitrogens with zero attached hydrogens (tertiary/aromatic N) is 1. The van der Waals surface area contributed by atoms with Crippen molar-refractivity contribution in [3.05, 3.63) is 111 Å². The van der Waals surface area contributed by atoms with E-state index in [0.29, 0.717) is 5.57 Å². The maximum atomic E-state index is 13.1. The van der Waals surface area contributed by atoms with Gasteiger partial charge in [0.1, 0.15) is 0 Å². The molecule has 0 atom stereocenters. The molecule has 0 fully saturated rings. The maximum Gasteiger partial charge on any atom is 0.190 e. The zero-order chi connectivity index (χ0) is 19.5. The number of hydrogen-bond donors (Lipinski definition) is 0. The van der Waals surface area contributed by atoms with Crippen LogP contribution in [0.4, 0.5) is 0 Å². The van der Waals surface area contributed by atoms with Crippen LogP contribution in [0.1, 0.15) is 22.3 Å². The number of aromatic nitrogens is 1. The van der Waals surface area contributed by atoms with Crippen LogP contribution in [0.5, 0.6) is 0 Å². The molecule has 0 unspecified atom stereocenters. The van der Waals surface area contributed by atoms with Crippen LogP contribution < -0.4 is 0 Å². The number of Topliss-reactive ketones (excluding diaryl/α,β-unsaturated/α-hetero) is 1. The Morgan fingerprint density at radius 3 is 2.61 bits per heavy atom. The van der Waals surface area contributed by atoms with Crippen LogP contribution in [-0.4, -0.2) is 16.6 Å². The number of carbonyl (C=O) groups is 2. The second kappa shape index (κ2) is 7.87. The van der Waals surface area contributed by atoms with Crippen LogP contribution in [0.25, 0.3) is 11.6 Å². The first-order valence-corrected chi connectivity index (χ1v) is 9.67. The zero-order valence-electron chi connectivity index (χ0n) is 14.9. The number of fused-ring (bicyclic) bond motifs is 1. The van der Waals surface area contributed by atoms with E-state index >= 15 is 0 Å².